The van der Waals surface area contributed by atoms with Crippen LogP contribution in [0.1, 0.15) is 29.7 Å². The molecule has 10 heteroatoms. The van der Waals surface area contributed by atoms with Crippen LogP contribution in [0.4, 0.5) is 31.1 Å². The summed E-state index contributed by atoms with van der Waals surface area (Å²) in [6.07, 6.45) is -8.95. The molecule has 0 saturated heterocycles. The number of ether oxygens (including phenoxy) is 1. The Bertz CT molecular complexity index is 836. The monoisotopic (exact) mass is 420 g/mol. The number of alkyl halides is 6. The van der Waals surface area contributed by atoms with Crippen molar-refractivity contribution in [1.82, 2.24) is 10.6 Å². The van der Waals surface area contributed by atoms with Crippen molar-refractivity contribution in [3.05, 3.63) is 65.2 Å². The lowest BCUT2D eigenvalue weighted by Crippen LogP contribution is -2.36. The van der Waals surface area contributed by atoms with E-state index in [2.05, 4.69) is 15.4 Å². The summed E-state index contributed by atoms with van der Waals surface area (Å²) in [5.41, 5.74) is -0.0520. The number of carbonyl (C=O) groups excluding carboxylic acids is 1. The largest absolute Gasteiger partial charge is 0.484 e. The second-order valence-corrected chi connectivity index (χ2v) is 6.22. The highest BCUT2D eigenvalue weighted by Crippen LogP contribution is 2.30. The molecule has 29 heavy (non-hydrogen) atoms. The van der Waals surface area contributed by atoms with Crippen molar-refractivity contribution in [2.24, 2.45) is 0 Å². The van der Waals surface area contributed by atoms with E-state index in [4.69, 9.17) is 0 Å². The molecule has 2 N–H and O–H groups in total. The third-order valence-electron chi connectivity index (χ3n) is 3.82. The van der Waals surface area contributed by atoms with Gasteiger partial charge in [0.2, 0.25) is 0 Å². The number of nitrogens with one attached hydrogen (secondary N) is 2. The van der Waals surface area contributed by atoms with Gasteiger partial charge in [-0.15, -0.1) is 0 Å². The van der Waals surface area contributed by atoms with Gasteiger partial charge in [0.1, 0.15) is 5.75 Å². The summed E-state index contributed by atoms with van der Waals surface area (Å²) < 4.78 is 79.6. The van der Waals surface area contributed by atoms with E-state index in [0.29, 0.717) is 5.56 Å². The standard InChI is InChI=1S/C19H18F6N2O2/c1-12(14-5-3-6-15(9-14)19(23,24)25)27-17(28)26-10-13-4-2-7-16(8-13)29-11-18(20,21)22/h2-9,12H,10-11H2,1H3,(H2,26,27,28). The molecule has 4 nitrogen and oxygen atoms in total. The van der Waals surface area contributed by atoms with E-state index in [1.165, 1.54) is 37.3 Å². The van der Waals surface area contributed by atoms with Crippen LogP contribution in [0.2, 0.25) is 0 Å². The summed E-state index contributed by atoms with van der Waals surface area (Å²) in [6, 6.07) is 9.02. The third kappa shape index (κ3) is 7.55. The Morgan fingerprint density at radius 3 is 2.38 bits per heavy atom. The van der Waals surface area contributed by atoms with Crippen molar-refractivity contribution >= 4 is 6.03 Å². The van der Waals surface area contributed by atoms with E-state index < -0.39 is 36.6 Å². The van der Waals surface area contributed by atoms with Gasteiger partial charge in [0.05, 0.1) is 11.6 Å². The molecule has 0 bridgehead atoms. The molecule has 2 rings (SSSR count). The lowest BCUT2D eigenvalue weighted by atomic mass is 10.1. The minimum absolute atomic E-state index is 0.000586. The number of amides is 2. The van der Waals surface area contributed by atoms with E-state index >= 15 is 0 Å². The van der Waals surface area contributed by atoms with E-state index in [0.717, 1.165) is 12.1 Å². The topological polar surface area (TPSA) is 50.4 Å². The van der Waals surface area contributed by atoms with Crippen LogP contribution in [0, 0.1) is 0 Å². The fourth-order valence-corrected chi connectivity index (χ4v) is 2.41. The maximum atomic E-state index is 12.8. The number of hydrogen-bond acceptors (Lipinski definition) is 2. The predicted octanol–water partition coefficient (Wildman–Crippen LogP) is 5.21. The van der Waals surface area contributed by atoms with Gasteiger partial charge in [0.25, 0.3) is 0 Å². The molecule has 158 valence electrons. The summed E-state index contributed by atoms with van der Waals surface area (Å²) in [7, 11) is 0. The maximum Gasteiger partial charge on any atom is 0.422 e. The van der Waals surface area contributed by atoms with Gasteiger partial charge in [-0.25, -0.2) is 4.79 Å². The van der Waals surface area contributed by atoms with Gasteiger partial charge in [-0.05, 0) is 42.3 Å². The lowest BCUT2D eigenvalue weighted by Gasteiger charge is -2.17. The number of carbonyl (C=O) groups is 1. The lowest BCUT2D eigenvalue weighted by molar-refractivity contribution is -0.153. The summed E-state index contributed by atoms with van der Waals surface area (Å²) in [4.78, 5) is 12.0. The molecule has 2 aromatic rings. The number of halogens is 6. The highest BCUT2D eigenvalue weighted by molar-refractivity contribution is 5.74. The van der Waals surface area contributed by atoms with Gasteiger partial charge in [-0.3, -0.25) is 0 Å². The van der Waals surface area contributed by atoms with Gasteiger partial charge in [0, 0.05) is 6.54 Å². The fourth-order valence-electron chi connectivity index (χ4n) is 2.41. The van der Waals surface area contributed by atoms with Crippen LogP contribution in [0.3, 0.4) is 0 Å². The Balaban J connectivity index is 1.90. The molecule has 0 saturated carbocycles. The number of rotatable bonds is 6. The SMILES string of the molecule is CC(NC(=O)NCc1cccc(OCC(F)(F)F)c1)c1cccc(C(F)(F)F)c1. The molecule has 1 unspecified atom stereocenters. The van der Waals surface area contributed by atoms with E-state index in [9.17, 15) is 31.1 Å². The molecule has 2 aromatic carbocycles. The molecular weight excluding hydrogens is 402 g/mol. The van der Waals surface area contributed by atoms with Crippen molar-refractivity contribution in [3.63, 3.8) is 0 Å². The highest BCUT2D eigenvalue weighted by atomic mass is 19.4. The van der Waals surface area contributed by atoms with Gasteiger partial charge in [-0.1, -0.05) is 24.3 Å². The number of benzene rings is 2. The second kappa shape index (κ2) is 9.06. The van der Waals surface area contributed by atoms with Crippen molar-refractivity contribution in [3.8, 4) is 5.75 Å². The molecule has 2 amide bonds. The Morgan fingerprint density at radius 1 is 1.03 bits per heavy atom. The Labute approximate surface area is 162 Å². The van der Waals surface area contributed by atoms with Crippen LogP contribution in [0.15, 0.2) is 48.5 Å². The third-order valence-corrected chi connectivity index (χ3v) is 3.82. The van der Waals surface area contributed by atoms with Crippen LogP contribution in [0.5, 0.6) is 5.75 Å². The quantitative estimate of drug-likeness (QED) is 0.631. The van der Waals surface area contributed by atoms with Gasteiger partial charge >= 0.3 is 18.4 Å². The normalized spacial score (nSPS) is 12.9. The van der Waals surface area contributed by atoms with Crippen LogP contribution in [-0.4, -0.2) is 18.8 Å². The number of urea groups is 1. The molecule has 0 aromatic heterocycles. The van der Waals surface area contributed by atoms with Gasteiger partial charge in [0.15, 0.2) is 6.61 Å². The van der Waals surface area contributed by atoms with Crippen molar-refractivity contribution in [2.45, 2.75) is 31.9 Å². The van der Waals surface area contributed by atoms with Gasteiger partial charge in [-0.2, -0.15) is 26.3 Å². The Hall–Kier alpha value is -2.91. The molecule has 0 radical (unpaired) electrons. The first-order chi connectivity index (χ1) is 13.4. The summed E-state index contributed by atoms with van der Waals surface area (Å²) in [5.74, 6) is -0.000586. The predicted molar refractivity (Wildman–Crippen MR) is 93.2 cm³/mol. The van der Waals surface area contributed by atoms with E-state index in [-0.39, 0.29) is 17.9 Å². The zero-order chi connectivity index (χ0) is 21.7. The van der Waals surface area contributed by atoms with Crippen molar-refractivity contribution in [2.75, 3.05) is 6.61 Å². The molecule has 0 spiro atoms. The van der Waals surface area contributed by atoms with Crippen LogP contribution in [-0.2, 0) is 12.7 Å². The molecular formula is C19H18F6N2O2. The van der Waals surface area contributed by atoms with Crippen LogP contribution < -0.4 is 15.4 Å². The average molecular weight is 420 g/mol. The first-order valence-corrected chi connectivity index (χ1v) is 8.44. The maximum absolute atomic E-state index is 12.8. The highest BCUT2D eigenvalue weighted by Gasteiger charge is 2.31. The number of hydrogen-bond donors (Lipinski definition) is 2. The van der Waals surface area contributed by atoms with Crippen LogP contribution >= 0.6 is 0 Å². The van der Waals surface area contributed by atoms with Crippen molar-refractivity contribution in [1.29, 1.82) is 0 Å². The van der Waals surface area contributed by atoms with E-state index in [1.807, 2.05) is 0 Å². The smallest absolute Gasteiger partial charge is 0.422 e. The Morgan fingerprint density at radius 2 is 1.72 bits per heavy atom. The fraction of sp³-hybridized carbons (Fsp3) is 0.316. The van der Waals surface area contributed by atoms with Crippen LogP contribution in [0.25, 0.3) is 0 Å². The average Bonchev–Trinajstić information content (AvgIpc) is 2.64. The minimum Gasteiger partial charge on any atom is -0.484 e. The van der Waals surface area contributed by atoms with Gasteiger partial charge < -0.3 is 15.4 Å². The molecule has 0 aliphatic heterocycles. The zero-order valence-electron chi connectivity index (χ0n) is 15.2. The molecule has 1 atom stereocenters. The Kier molecular flexibility index (Phi) is 6.99. The second-order valence-electron chi connectivity index (χ2n) is 6.22. The molecule has 0 heterocycles. The molecule has 0 fully saturated rings. The summed E-state index contributed by atoms with van der Waals surface area (Å²) in [6.45, 7) is 0.0872. The first-order valence-electron chi connectivity index (χ1n) is 8.44. The zero-order valence-corrected chi connectivity index (χ0v) is 15.2. The van der Waals surface area contributed by atoms with E-state index in [1.54, 1.807) is 6.07 Å². The van der Waals surface area contributed by atoms with Crippen molar-refractivity contribution < 1.29 is 35.9 Å². The summed E-state index contributed by atoms with van der Waals surface area (Å²) in [5, 5.41) is 5.00. The summed E-state index contributed by atoms with van der Waals surface area (Å²) >= 11 is 0. The minimum atomic E-state index is -4.49. The first kappa shape index (κ1) is 22.4. The molecule has 0 aliphatic rings. The molecule has 0 aliphatic carbocycles.